The van der Waals surface area contributed by atoms with Crippen LogP contribution in [0.4, 0.5) is 5.69 Å². The number of hydrogen-bond acceptors (Lipinski definition) is 5. The minimum atomic E-state index is -1.22. The summed E-state index contributed by atoms with van der Waals surface area (Å²) in [6.07, 6.45) is 1.45. The number of nitro benzene ring substituents is 1. The molecule has 1 aromatic heterocycles. The van der Waals surface area contributed by atoms with Crippen molar-refractivity contribution in [3.63, 3.8) is 0 Å². The van der Waals surface area contributed by atoms with Crippen molar-refractivity contribution >= 4 is 11.7 Å². The summed E-state index contributed by atoms with van der Waals surface area (Å²) >= 11 is 0. The summed E-state index contributed by atoms with van der Waals surface area (Å²) in [5, 5.41) is 19.6. The lowest BCUT2D eigenvalue weighted by Gasteiger charge is -2.07. The van der Waals surface area contributed by atoms with E-state index in [4.69, 9.17) is 14.3 Å². The maximum atomic E-state index is 11.0. The molecule has 7 nitrogen and oxygen atoms in total. The molecule has 0 atom stereocenters. The van der Waals surface area contributed by atoms with Gasteiger partial charge in [0.05, 0.1) is 17.3 Å². The molecular weight excluding hydrogens is 254 g/mol. The van der Waals surface area contributed by atoms with Crippen molar-refractivity contribution in [1.82, 2.24) is 0 Å². The first kappa shape index (κ1) is 12.6. The van der Waals surface area contributed by atoms with E-state index in [1.165, 1.54) is 6.26 Å². The zero-order valence-corrected chi connectivity index (χ0v) is 9.61. The van der Waals surface area contributed by atoms with Gasteiger partial charge in [0.25, 0.3) is 5.69 Å². The van der Waals surface area contributed by atoms with Gasteiger partial charge in [-0.25, -0.2) is 4.79 Å². The van der Waals surface area contributed by atoms with Gasteiger partial charge in [-0.2, -0.15) is 0 Å². The van der Waals surface area contributed by atoms with Gasteiger partial charge < -0.3 is 14.3 Å². The van der Waals surface area contributed by atoms with Crippen molar-refractivity contribution in [2.24, 2.45) is 0 Å². The third-order valence-corrected chi connectivity index (χ3v) is 2.36. The lowest BCUT2D eigenvalue weighted by Crippen LogP contribution is -2.04. The molecule has 98 valence electrons. The van der Waals surface area contributed by atoms with Crippen LogP contribution in [0.3, 0.4) is 0 Å². The summed E-state index contributed by atoms with van der Waals surface area (Å²) in [5.74, 6) is -0.801. The van der Waals surface area contributed by atoms with Gasteiger partial charge in [0.2, 0.25) is 0 Å². The highest BCUT2D eigenvalue weighted by Gasteiger charge is 2.16. The SMILES string of the molecule is O=C(O)c1ccc([N+](=O)[O-])cc1OCc1ccco1. The molecule has 2 aromatic rings. The smallest absolute Gasteiger partial charge is 0.339 e. The third kappa shape index (κ3) is 2.89. The second kappa shape index (κ2) is 5.21. The first-order chi connectivity index (χ1) is 9.08. The van der Waals surface area contributed by atoms with Crippen LogP contribution in [0.1, 0.15) is 16.1 Å². The summed E-state index contributed by atoms with van der Waals surface area (Å²) in [6, 6.07) is 6.63. The molecular formula is C12H9NO6. The molecule has 2 rings (SSSR count). The largest absolute Gasteiger partial charge is 0.484 e. The molecule has 0 aliphatic rings. The number of nitrogens with zero attached hydrogens (tertiary/aromatic N) is 1. The van der Waals surface area contributed by atoms with E-state index in [1.807, 2.05) is 0 Å². The molecule has 0 saturated heterocycles. The fourth-order valence-electron chi connectivity index (χ4n) is 1.46. The molecule has 0 saturated carbocycles. The Morgan fingerprint density at radius 3 is 2.79 bits per heavy atom. The minimum Gasteiger partial charge on any atom is -0.484 e. The molecule has 0 amide bonds. The summed E-state index contributed by atoms with van der Waals surface area (Å²) < 4.78 is 10.3. The van der Waals surface area contributed by atoms with Gasteiger partial charge in [-0.05, 0) is 18.2 Å². The third-order valence-electron chi connectivity index (χ3n) is 2.36. The van der Waals surface area contributed by atoms with Crippen LogP contribution in [0.25, 0.3) is 0 Å². The molecule has 0 radical (unpaired) electrons. The standard InChI is InChI=1S/C12H9NO6/c14-12(15)10-4-3-8(13(16)17)6-11(10)19-7-9-2-1-5-18-9/h1-6H,7H2,(H,14,15). The number of aromatic carboxylic acids is 1. The van der Waals surface area contributed by atoms with Gasteiger partial charge in [-0.3, -0.25) is 10.1 Å². The van der Waals surface area contributed by atoms with Crippen molar-refractivity contribution < 1.29 is 24.0 Å². The first-order valence-electron chi connectivity index (χ1n) is 5.25. The molecule has 0 fully saturated rings. The normalized spacial score (nSPS) is 10.1. The van der Waals surface area contributed by atoms with Gasteiger partial charge in [-0.15, -0.1) is 0 Å². The van der Waals surface area contributed by atoms with Crippen LogP contribution >= 0.6 is 0 Å². The second-order valence-corrected chi connectivity index (χ2v) is 3.61. The summed E-state index contributed by atoms with van der Waals surface area (Å²) in [7, 11) is 0. The molecule has 1 heterocycles. The fraction of sp³-hybridized carbons (Fsp3) is 0.0833. The number of carbonyl (C=O) groups is 1. The van der Waals surface area contributed by atoms with E-state index < -0.39 is 10.9 Å². The maximum Gasteiger partial charge on any atom is 0.339 e. The van der Waals surface area contributed by atoms with Gasteiger partial charge >= 0.3 is 5.97 Å². The van der Waals surface area contributed by atoms with Crippen molar-refractivity contribution in [3.05, 3.63) is 58.0 Å². The number of carboxylic acid groups (broad SMARTS) is 1. The summed E-state index contributed by atoms with van der Waals surface area (Å²) in [5.41, 5.74) is -0.378. The van der Waals surface area contributed by atoms with E-state index >= 15 is 0 Å². The van der Waals surface area contributed by atoms with Crippen molar-refractivity contribution in [2.75, 3.05) is 0 Å². The van der Waals surface area contributed by atoms with Crippen LogP contribution in [-0.4, -0.2) is 16.0 Å². The van der Waals surface area contributed by atoms with E-state index in [0.29, 0.717) is 5.76 Å². The maximum absolute atomic E-state index is 11.0. The Morgan fingerprint density at radius 1 is 1.42 bits per heavy atom. The first-order valence-corrected chi connectivity index (χ1v) is 5.25. The van der Waals surface area contributed by atoms with Crippen LogP contribution in [0.5, 0.6) is 5.75 Å². The predicted molar refractivity (Wildman–Crippen MR) is 63.1 cm³/mol. The molecule has 1 aromatic carbocycles. The van der Waals surface area contributed by atoms with Crippen LogP contribution < -0.4 is 4.74 Å². The molecule has 1 N–H and O–H groups in total. The Kier molecular flexibility index (Phi) is 3.46. The molecule has 19 heavy (non-hydrogen) atoms. The zero-order chi connectivity index (χ0) is 13.8. The zero-order valence-electron chi connectivity index (χ0n) is 9.61. The Balaban J connectivity index is 2.27. The highest BCUT2D eigenvalue weighted by molar-refractivity contribution is 5.91. The van der Waals surface area contributed by atoms with Gasteiger partial charge in [0, 0.05) is 6.07 Å². The fourth-order valence-corrected chi connectivity index (χ4v) is 1.46. The van der Waals surface area contributed by atoms with Crippen LogP contribution in [0, 0.1) is 10.1 Å². The van der Waals surface area contributed by atoms with Gasteiger partial charge in [0.15, 0.2) is 0 Å². The number of hydrogen-bond donors (Lipinski definition) is 1. The number of non-ortho nitro benzene ring substituents is 1. The topological polar surface area (TPSA) is 103 Å². The number of ether oxygens (including phenoxy) is 1. The quantitative estimate of drug-likeness (QED) is 0.656. The van der Waals surface area contributed by atoms with Crippen LogP contribution in [0.15, 0.2) is 41.0 Å². The Bertz CT molecular complexity index is 605. The number of benzene rings is 1. The monoisotopic (exact) mass is 263 g/mol. The van der Waals surface area contributed by atoms with Crippen molar-refractivity contribution in [1.29, 1.82) is 0 Å². The second-order valence-electron chi connectivity index (χ2n) is 3.61. The number of carboxylic acids is 1. The molecule has 0 aliphatic carbocycles. The number of nitro groups is 1. The molecule has 0 spiro atoms. The Hall–Kier alpha value is -2.83. The summed E-state index contributed by atoms with van der Waals surface area (Å²) in [6.45, 7) is -0.00551. The predicted octanol–water partition coefficient (Wildman–Crippen LogP) is 2.47. The molecule has 7 heteroatoms. The molecule has 0 bridgehead atoms. The highest BCUT2D eigenvalue weighted by atomic mass is 16.6. The van der Waals surface area contributed by atoms with E-state index in [9.17, 15) is 14.9 Å². The lowest BCUT2D eigenvalue weighted by molar-refractivity contribution is -0.384. The summed E-state index contributed by atoms with van der Waals surface area (Å²) in [4.78, 5) is 21.0. The number of furan rings is 1. The van der Waals surface area contributed by atoms with Crippen molar-refractivity contribution in [3.8, 4) is 5.75 Å². The van der Waals surface area contributed by atoms with E-state index in [1.54, 1.807) is 12.1 Å². The van der Waals surface area contributed by atoms with Gasteiger partial charge in [-0.1, -0.05) is 0 Å². The average molecular weight is 263 g/mol. The lowest BCUT2D eigenvalue weighted by atomic mass is 10.2. The van der Waals surface area contributed by atoms with Crippen molar-refractivity contribution in [2.45, 2.75) is 6.61 Å². The molecule has 0 unspecified atom stereocenters. The molecule has 0 aliphatic heterocycles. The van der Waals surface area contributed by atoms with Crippen LogP contribution in [0.2, 0.25) is 0 Å². The Labute approximate surface area is 107 Å². The van der Waals surface area contributed by atoms with Crippen LogP contribution in [-0.2, 0) is 6.61 Å². The number of rotatable bonds is 5. The van der Waals surface area contributed by atoms with E-state index in [2.05, 4.69) is 0 Å². The highest BCUT2D eigenvalue weighted by Crippen LogP contribution is 2.25. The van der Waals surface area contributed by atoms with Gasteiger partial charge in [0.1, 0.15) is 23.7 Å². The minimum absolute atomic E-state index is 0.00551. The average Bonchev–Trinajstić information content (AvgIpc) is 2.88. The van der Waals surface area contributed by atoms with E-state index in [0.717, 1.165) is 18.2 Å². The Morgan fingerprint density at radius 2 is 2.21 bits per heavy atom. The van der Waals surface area contributed by atoms with E-state index in [-0.39, 0.29) is 23.6 Å².